The molecule has 2 aromatic rings. The fourth-order valence-corrected chi connectivity index (χ4v) is 1.60. The van der Waals surface area contributed by atoms with Crippen LogP contribution in [0.2, 0.25) is 0 Å². The number of aromatic nitrogens is 1. The number of hydrogen-bond donors (Lipinski definition) is 1. The predicted molar refractivity (Wildman–Crippen MR) is 72.5 cm³/mol. The largest absolute Gasteiger partial charge is 0.397 e. The van der Waals surface area contributed by atoms with Crippen molar-refractivity contribution in [2.45, 2.75) is 0 Å². The van der Waals surface area contributed by atoms with Crippen molar-refractivity contribution >= 4 is 17.3 Å². The molecule has 0 aliphatic rings. The number of carbonyl (C=O) groups excluding carboxylic acids is 1. The Bertz CT molecular complexity index is 643. The van der Waals surface area contributed by atoms with Crippen LogP contribution in [-0.4, -0.2) is 17.9 Å². The van der Waals surface area contributed by atoms with Gasteiger partial charge in [0.1, 0.15) is 5.69 Å². The monoisotopic (exact) mass is 252 g/mol. The summed E-state index contributed by atoms with van der Waals surface area (Å²) in [6.45, 7) is 0. The van der Waals surface area contributed by atoms with Gasteiger partial charge in [-0.15, -0.1) is 0 Å². The van der Waals surface area contributed by atoms with Gasteiger partial charge in [0.15, 0.2) is 0 Å². The van der Waals surface area contributed by atoms with Gasteiger partial charge < -0.3 is 10.6 Å². The lowest BCUT2D eigenvalue weighted by Gasteiger charge is -2.17. The van der Waals surface area contributed by atoms with Gasteiger partial charge in [0.05, 0.1) is 23.5 Å². The zero-order valence-electron chi connectivity index (χ0n) is 10.4. The maximum atomic E-state index is 12.2. The Morgan fingerprint density at radius 3 is 2.79 bits per heavy atom. The number of nitrogen functional groups attached to an aromatic ring is 1. The van der Waals surface area contributed by atoms with Crippen molar-refractivity contribution < 1.29 is 4.79 Å². The van der Waals surface area contributed by atoms with Crippen molar-refractivity contribution in [1.82, 2.24) is 4.98 Å². The minimum absolute atomic E-state index is 0.255. The second-order valence-corrected chi connectivity index (χ2v) is 4.00. The van der Waals surface area contributed by atoms with Crippen molar-refractivity contribution in [2.75, 3.05) is 17.7 Å². The van der Waals surface area contributed by atoms with Crippen LogP contribution in [0, 0.1) is 11.3 Å². The average Bonchev–Trinajstić information content (AvgIpc) is 2.46. The lowest BCUT2D eigenvalue weighted by molar-refractivity contribution is 0.0988. The molecule has 0 aliphatic carbocycles. The second kappa shape index (κ2) is 5.19. The maximum absolute atomic E-state index is 12.2. The molecule has 5 heteroatoms. The lowest BCUT2D eigenvalue weighted by Crippen LogP contribution is -2.27. The number of amides is 1. The van der Waals surface area contributed by atoms with Crippen LogP contribution in [-0.2, 0) is 0 Å². The Balaban J connectivity index is 2.28. The van der Waals surface area contributed by atoms with Crippen molar-refractivity contribution in [2.24, 2.45) is 0 Å². The minimum atomic E-state index is -0.255. The first-order valence-corrected chi connectivity index (χ1v) is 5.61. The zero-order chi connectivity index (χ0) is 13.8. The van der Waals surface area contributed by atoms with E-state index < -0.39 is 0 Å². The number of carbonyl (C=O) groups is 1. The molecule has 0 unspecified atom stereocenters. The first-order valence-electron chi connectivity index (χ1n) is 5.61. The van der Waals surface area contributed by atoms with E-state index in [2.05, 4.69) is 4.98 Å². The Labute approximate surface area is 110 Å². The molecule has 1 aromatic carbocycles. The van der Waals surface area contributed by atoms with Crippen LogP contribution in [0.3, 0.4) is 0 Å². The lowest BCUT2D eigenvalue weighted by atomic mass is 10.2. The summed E-state index contributed by atoms with van der Waals surface area (Å²) in [4.78, 5) is 17.6. The highest BCUT2D eigenvalue weighted by Crippen LogP contribution is 2.16. The first-order chi connectivity index (χ1) is 9.11. The van der Waals surface area contributed by atoms with Crippen LogP contribution < -0.4 is 10.6 Å². The summed E-state index contributed by atoms with van der Waals surface area (Å²) >= 11 is 0. The van der Waals surface area contributed by atoms with E-state index in [4.69, 9.17) is 11.0 Å². The Hall–Kier alpha value is -2.87. The van der Waals surface area contributed by atoms with E-state index in [1.165, 1.54) is 11.1 Å². The molecule has 0 saturated heterocycles. The van der Waals surface area contributed by atoms with Crippen LogP contribution in [0.15, 0.2) is 42.6 Å². The van der Waals surface area contributed by atoms with E-state index in [1.807, 2.05) is 6.07 Å². The number of hydrogen-bond acceptors (Lipinski definition) is 4. The summed E-state index contributed by atoms with van der Waals surface area (Å²) in [7, 11) is 1.64. The van der Waals surface area contributed by atoms with Gasteiger partial charge in [0, 0.05) is 12.7 Å². The standard InChI is InChI=1S/C14H12N4O/c1-18(12-4-2-3-10(7-12)8-15)14(19)13-6-5-11(16)9-17-13/h2-7,9H,16H2,1H3. The number of nitrogens with zero attached hydrogens (tertiary/aromatic N) is 3. The number of anilines is 2. The molecule has 1 amide bonds. The van der Waals surface area contributed by atoms with Gasteiger partial charge in [0.25, 0.3) is 5.91 Å². The van der Waals surface area contributed by atoms with Crippen LogP contribution in [0.5, 0.6) is 0 Å². The van der Waals surface area contributed by atoms with E-state index in [1.54, 1.807) is 43.4 Å². The molecular formula is C14H12N4O. The summed E-state index contributed by atoms with van der Waals surface area (Å²) < 4.78 is 0. The molecule has 0 aliphatic heterocycles. The summed E-state index contributed by atoms with van der Waals surface area (Å²) in [5.41, 5.74) is 7.48. The highest BCUT2D eigenvalue weighted by Gasteiger charge is 2.14. The molecule has 0 fully saturated rings. The molecule has 0 saturated carbocycles. The highest BCUT2D eigenvalue weighted by molar-refractivity contribution is 6.04. The molecule has 2 N–H and O–H groups in total. The SMILES string of the molecule is CN(C(=O)c1ccc(N)cn1)c1cccc(C#N)c1. The average molecular weight is 252 g/mol. The van der Waals surface area contributed by atoms with Crippen molar-refractivity contribution in [3.8, 4) is 6.07 Å². The summed E-state index contributed by atoms with van der Waals surface area (Å²) in [6.07, 6.45) is 1.44. The molecule has 1 heterocycles. The third-order valence-corrected chi connectivity index (χ3v) is 2.67. The van der Waals surface area contributed by atoms with Crippen molar-refractivity contribution in [3.63, 3.8) is 0 Å². The van der Waals surface area contributed by atoms with Crippen molar-refractivity contribution in [3.05, 3.63) is 53.9 Å². The van der Waals surface area contributed by atoms with E-state index >= 15 is 0 Å². The summed E-state index contributed by atoms with van der Waals surface area (Å²) in [5.74, 6) is -0.255. The number of rotatable bonds is 2. The number of nitriles is 1. The molecule has 0 atom stereocenters. The van der Waals surface area contributed by atoms with Gasteiger partial charge in [-0.2, -0.15) is 5.26 Å². The van der Waals surface area contributed by atoms with Crippen LogP contribution in [0.4, 0.5) is 11.4 Å². The first kappa shape index (κ1) is 12.6. The second-order valence-electron chi connectivity index (χ2n) is 4.00. The number of pyridine rings is 1. The van der Waals surface area contributed by atoms with Gasteiger partial charge in [-0.05, 0) is 30.3 Å². The van der Waals surface area contributed by atoms with Gasteiger partial charge in [-0.25, -0.2) is 4.98 Å². The molecule has 19 heavy (non-hydrogen) atoms. The zero-order valence-corrected chi connectivity index (χ0v) is 10.4. The van der Waals surface area contributed by atoms with Gasteiger partial charge in [0.2, 0.25) is 0 Å². The van der Waals surface area contributed by atoms with E-state index in [0.29, 0.717) is 22.6 Å². The van der Waals surface area contributed by atoms with Crippen LogP contribution >= 0.6 is 0 Å². The number of nitrogens with two attached hydrogens (primary N) is 1. The van der Waals surface area contributed by atoms with Crippen LogP contribution in [0.25, 0.3) is 0 Å². The molecular weight excluding hydrogens is 240 g/mol. The quantitative estimate of drug-likeness (QED) is 0.883. The van der Waals surface area contributed by atoms with E-state index in [0.717, 1.165) is 0 Å². The Kier molecular flexibility index (Phi) is 3.44. The topological polar surface area (TPSA) is 83.0 Å². The van der Waals surface area contributed by atoms with Gasteiger partial charge in [-0.3, -0.25) is 4.79 Å². The van der Waals surface area contributed by atoms with Gasteiger partial charge >= 0.3 is 0 Å². The minimum Gasteiger partial charge on any atom is -0.397 e. The smallest absolute Gasteiger partial charge is 0.276 e. The number of benzene rings is 1. The molecule has 0 spiro atoms. The fourth-order valence-electron chi connectivity index (χ4n) is 1.60. The third-order valence-electron chi connectivity index (χ3n) is 2.67. The van der Waals surface area contributed by atoms with Gasteiger partial charge in [-0.1, -0.05) is 6.07 Å². The molecule has 1 aromatic heterocycles. The molecule has 94 valence electrons. The van der Waals surface area contributed by atoms with E-state index in [9.17, 15) is 4.79 Å². The summed E-state index contributed by atoms with van der Waals surface area (Å²) in [5, 5.41) is 8.85. The highest BCUT2D eigenvalue weighted by atomic mass is 16.2. The van der Waals surface area contributed by atoms with Crippen molar-refractivity contribution in [1.29, 1.82) is 5.26 Å². The summed E-state index contributed by atoms with van der Waals surface area (Å²) in [6, 6.07) is 12.1. The fraction of sp³-hybridized carbons (Fsp3) is 0.0714. The Morgan fingerprint density at radius 1 is 1.37 bits per heavy atom. The van der Waals surface area contributed by atoms with Crippen LogP contribution in [0.1, 0.15) is 16.1 Å². The van der Waals surface area contributed by atoms with E-state index in [-0.39, 0.29) is 5.91 Å². The normalized spacial score (nSPS) is 9.68. The third kappa shape index (κ3) is 2.69. The Morgan fingerprint density at radius 2 is 2.16 bits per heavy atom. The molecule has 2 rings (SSSR count). The molecule has 0 bridgehead atoms. The predicted octanol–water partition coefficient (Wildman–Crippen LogP) is 1.81. The maximum Gasteiger partial charge on any atom is 0.276 e. The molecule has 0 radical (unpaired) electrons. The molecule has 5 nitrogen and oxygen atoms in total.